The first-order valence-electron chi connectivity index (χ1n) is 7.14. The lowest BCUT2D eigenvalue weighted by molar-refractivity contribution is 0.101. The minimum Gasteiger partial charge on any atom is -0.377 e. The number of carbonyl (C=O) groups excluding carboxylic acids is 1. The summed E-state index contributed by atoms with van der Waals surface area (Å²) in [4.78, 5) is 12.5. The number of halogens is 1. The van der Waals surface area contributed by atoms with Crippen molar-refractivity contribution in [2.45, 2.75) is 6.92 Å². The molecule has 0 spiro atoms. The van der Waals surface area contributed by atoms with E-state index in [2.05, 4.69) is 5.32 Å². The molecule has 3 aromatic rings. The van der Waals surface area contributed by atoms with Crippen LogP contribution < -0.4 is 5.32 Å². The fourth-order valence-electron chi connectivity index (χ4n) is 2.63. The van der Waals surface area contributed by atoms with E-state index in [1.807, 2.05) is 67.2 Å². The molecule has 112 valence electrons. The molecule has 1 N–H and O–H groups in total. The summed E-state index contributed by atoms with van der Waals surface area (Å²) in [5, 5.41) is 4.87. The van der Waals surface area contributed by atoms with Crippen molar-refractivity contribution in [1.29, 1.82) is 0 Å². The third-order valence-corrected chi connectivity index (χ3v) is 4.31. The molecule has 0 fully saturated rings. The molecule has 1 aromatic heterocycles. The summed E-state index contributed by atoms with van der Waals surface area (Å²) < 4.78 is 1.98. The van der Waals surface area contributed by atoms with Crippen molar-refractivity contribution >= 4 is 34.0 Å². The number of hydrogen-bond donors (Lipinski definition) is 1. The first-order chi connectivity index (χ1) is 10.6. The number of ketones is 1. The van der Waals surface area contributed by atoms with Gasteiger partial charge in [0.2, 0.25) is 0 Å². The van der Waals surface area contributed by atoms with Gasteiger partial charge in [0.15, 0.2) is 5.78 Å². The van der Waals surface area contributed by atoms with Crippen molar-refractivity contribution in [2.75, 3.05) is 11.9 Å². The van der Waals surface area contributed by atoms with E-state index >= 15 is 0 Å². The zero-order valence-corrected chi connectivity index (χ0v) is 13.3. The Balaban J connectivity index is 1.84. The van der Waals surface area contributed by atoms with Crippen LogP contribution in [0.1, 0.15) is 15.9 Å². The van der Waals surface area contributed by atoms with Crippen LogP contribution in [0.25, 0.3) is 10.9 Å². The normalized spacial score (nSPS) is 10.9. The molecular formula is C18H17ClN2O. The maximum atomic E-state index is 12.5. The van der Waals surface area contributed by atoms with Crippen LogP contribution in [0.5, 0.6) is 0 Å². The number of hydrogen-bond acceptors (Lipinski definition) is 2. The van der Waals surface area contributed by atoms with Crippen LogP contribution >= 0.6 is 11.6 Å². The summed E-state index contributed by atoms with van der Waals surface area (Å²) in [6, 6.07) is 13.6. The van der Waals surface area contributed by atoms with E-state index in [0.29, 0.717) is 5.02 Å². The SMILES string of the molecule is Cc1c(Cl)cccc1NCC(=O)c1cn(C)c2ccccc12. The van der Waals surface area contributed by atoms with Gasteiger partial charge in [-0.1, -0.05) is 35.9 Å². The average molecular weight is 313 g/mol. The predicted octanol–water partition coefficient (Wildman–Crippen LogP) is 4.43. The highest BCUT2D eigenvalue weighted by molar-refractivity contribution is 6.31. The number of rotatable bonds is 4. The lowest BCUT2D eigenvalue weighted by atomic mass is 10.1. The number of benzene rings is 2. The van der Waals surface area contributed by atoms with Crippen molar-refractivity contribution in [2.24, 2.45) is 7.05 Å². The van der Waals surface area contributed by atoms with Crippen LogP contribution in [0.15, 0.2) is 48.7 Å². The van der Waals surface area contributed by atoms with E-state index < -0.39 is 0 Å². The maximum absolute atomic E-state index is 12.5. The Bertz CT molecular complexity index is 851. The minimum absolute atomic E-state index is 0.0659. The number of para-hydroxylation sites is 1. The fraction of sp³-hybridized carbons (Fsp3) is 0.167. The molecule has 0 saturated heterocycles. The smallest absolute Gasteiger partial charge is 0.184 e. The van der Waals surface area contributed by atoms with Gasteiger partial charge in [0, 0.05) is 40.4 Å². The number of anilines is 1. The molecule has 3 rings (SSSR count). The van der Waals surface area contributed by atoms with E-state index in [1.165, 1.54) is 0 Å². The van der Waals surface area contributed by atoms with E-state index in [9.17, 15) is 4.79 Å². The molecule has 2 aromatic carbocycles. The van der Waals surface area contributed by atoms with Gasteiger partial charge in [-0.05, 0) is 30.7 Å². The van der Waals surface area contributed by atoms with Gasteiger partial charge in [-0.2, -0.15) is 0 Å². The van der Waals surface area contributed by atoms with Gasteiger partial charge >= 0.3 is 0 Å². The van der Waals surface area contributed by atoms with Crippen molar-refractivity contribution in [3.8, 4) is 0 Å². The molecule has 0 amide bonds. The number of Topliss-reactive ketones (excluding diaryl/α,β-unsaturated/α-hetero) is 1. The van der Waals surface area contributed by atoms with Crippen LogP contribution in [-0.4, -0.2) is 16.9 Å². The lowest BCUT2D eigenvalue weighted by Gasteiger charge is -2.09. The molecule has 0 unspecified atom stereocenters. The van der Waals surface area contributed by atoms with Crippen molar-refractivity contribution in [3.63, 3.8) is 0 Å². The monoisotopic (exact) mass is 312 g/mol. The van der Waals surface area contributed by atoms with Crippen LogP contribution in [0.2, 0.25) is 5.02 Å². The molecule has 3 nitrogen and oxygen atoms in total. The first kappa shape index (κ1) is 14.7. The molecule has 0 saturated carbocycles. The lowest BCUT2D eigenvalue weighted by Crippen LogP contribution is -2.14. The van der Waals surface area contributed by atoms with Gasteiger partial charge in [-0.15, -0.1) is 0 Å². The molecule has 1 heterocycles. The van der Waals surface area contributed by atoms with Gasteiger partial charge in [-0.25, -0.2) is 0 Å². The molecular weight excluding hydrogens is 296 g/mol. The Morgan fingerprint density at radius 2 is 1.95 bits per heavy atom. The molecule has 0 radical (unpaired) electrons. The zero-order valence-electron chi connectivity index (χ0n) is 12.6. The molecule has 0 aliphatic heterocycles. The number of carbonyl (C=O) groups is 1. The Morgan fingerprint density at radius 1 is 1.18 bits per heavy atom. The van der Waals surface area contributed by atoms with Crippen LogP contribution in [0.4, 0.5) is 5.69 Å². The van der Waals surface area contributed by atoms with Gasteiger partial charge in [0.25, 0.3) is 0 Å². The Labute approximate surface area is 134 Å². The molecule has 0 atom stereocenters. The molecule has 22 heavy (non-hydrogen) atoms. The second kappa shape index (κ2) is 5.85. The van der Waals surface area contributed by atoms with Crippen molar-refractivity contribution < 1.29 is 4.79 Å². The summed E-state index contributed by atoms with van der Waals surface area (Å²) in [5.41, 5.74) is 3.64. The Hall–Kier alpha value is -2.26. The maximum Gasteiger partial charge on any atom is 0.184 e. The first-order valence-corrected chi connectivity index (χ1v) is 7.52. The molecule has 4 heteroatoms. The number of nitrogens with one attached hydrogen (secondary N) is 1. The highest BCUT2D eigenvalue weighted by Crippen LogP contribution is 2.24. The van der Waals surface area contributed by atoms with E-state index in [4.69, 9.17) is 11.6 Å². The van der Waals surface area contributed by atoms with Gasteiger partial charge in [-0.3, -0.25) is 4.79 Å². The second-order valence-corrected chi connectivity index (χ2v) is 5.77. The van der Waals surface area contributed by atoms with Gasteiger partial charge < -0.3 is 9.88 Å². The topological polar surface area (TPSA) is 34.0 Å². The van der Waals surface area contributed by atoms with Crippen molar-refractivity contribution in [1.82, 2.24) is 4.57 Å². The zero-order chi connectivity index (χ0) is 15.7. The van der Waals surface area contributed by atoms with Crippen LogP contribution in [0, 0.1) is 6.92 Å². The summed E-state index contributed by atoms with van der Waals surface area (Å²) in [7, 11) is 1.95. The summed E-state index contributed by atoms with van der Waals surface area (Å²) >= 11 is 6.10. The van der Waals surface area contributed by atoms with E-state index in [1.54, 1.807) is 0 Å². The molecule has 0 aliphatic rings. The largest absolute Gasteiger partial charge is 0.377 e. The predicted molar refractivity (Wildman–Crippen MR) is 91.9 cm³/mol. The number of aromatic nitrogens is 1. The second-order valence-electron chi connectivity index (χ2n) is 5.36. The summed E-state index contributed by atoms with van der Waals surface area (Å²) in [5.74, 6) is 0.0659. The fourth-order valence-corrected chi connectivity index (χ4v) is 2.81. The summed E-state index contributed by atoms with van der Waals surface area (Å²) in [6.07, 6.45) is 1.89. The number of nitrogens with zero attached hydrogens (tertiary/aromatic N) is 1. The number of aryl methyl sites for hydroxylation is 1. The number of fused-ring (bicyclic) bond motifs is 1. The standard InChI is InChI=1S/C18H17ClN2O/c1-12-15(19)7-5-8-16(12)20-10-18(22)14-11-21(2)17-9-4-3-6-13(14)17/h3-9,11,20H,10H2,1-2H3. The van der Waals surface area contributed by atoms with E-state index in [-0.39, 0.29) is 12.3 Å². The average Bonchev–Trinajstić information content (AvgIpc) is 2.86. The minimum atomic E-state index is 0.0659. The quantitative estimate of drug-likeness (QED) is 0.723. The highest BCUT2D eigenvalue weighted by atomic mass is 35.5. The van der Waals surface area contributed by atoms with Crippen LogP contribution in [-0.2, 0) is 7.05 Å². The Kier molecular flexibility index (Phi) is 3.90. The van der Waals surface area contributed by atoms with Gasteiger partial charge in [0.1, 0.15) is 0 Å². The highest BCUT2D eigenvalue weighted by Gasteiger charge is 2.13. The molecule has 0 aliphatic carbocycles. The van der Waals surface area contributed by atoms with Crippen molar-refractivity contribution in [3.05, 3.63) is 64.8 Å². The van der Waals surface area contributed by atoms with Crippen LogP contribution in [0.3, 0.4) is 0 Å². The third kappa shape index (κ3) is 2.60. The third-order valence-electron chi connectivity index (χ3n) is 3.90. The van der Waals surface area contributed by atoms with Gasteiger partial charge in [0.05, 0.1) is 6.54 Å². The van der Waals surface area contributed by atoms with E-state index in [0.717, 1.165) is 27.7 Å². The Morgan fingerprint density at radius 3 is 2.77 bits per heavy atom. The molecule has 0 bridgehead atoms. The summed E-state index contributed by atoms with van der Waals surface area (Å²) in [6.45, 7) is 2.18.